The SMILES string of the molecule is Cc1nnc(/C=C/c2ccccc2OCC(O)CNC2CC2)s1. The predicted molar refractivity (Wildman–Crippen MR) is 92.5 cm³/mol. The summed E-state index contributed by atoms with van der Waals surface area (Å²) in [6.07, 6.45) is 5.82. The van der Waals surface area contributed by atoms with Crippen LogP contribution < -0.4 is 10.1 Å². The van der Waals surface area contributed by atoms with Gasteiger partial charge in [0.25, 0.3) is 0 Å². The number of hydrogen-bond acceptors (Lipinski definition) is 6. The fourth-order valence-electron chi connectivity index (χ4n) is 2.13. The Hall–Kier alpha value is -1.76. The molecule has 1 fully saturated rings. The van der Waals surface area contributed by atoms with Gasteiger partial charge in [-0.1, -0.05) is 29.5 Å². The maximum absolute atomic E-state index is 9.97. The average Bonchev–Trinajstić information content (AvgIpc) is 3.30. The van der Waals surface area contributed by atoms with Crippen molar-refractivity contribution in [2.75, 3.05) is 13.2 Å². The van der Waals surface area contributed by atoms with E-state index in [1.54, 1.807) is 11.3 Å². The number of benzene rings is 1. The second-order valence-electron chi connectivity index (χ2n) is 5.68. The molecule has 0 aliphatic heterocycles. The highest BCUT2D eigenvalue weighted by molar-refractivity contribution is 7.12. The predicted octanol–water partition coefficient (Wildman–Crippen LogP) is 2.51. The highest BCUT2D eigenvalue weighted by Crippen LogP contribution is 2.22. The molecule has 0 bridgehead atoms. The Kier molecular flexibility index (Phi) is 5.38. The van der Waals surface area contributed by atoms with Crippen LogP contribution in [-0.4, -0.2) is 40.6 Å². The summed E-state index contributed by atoms with van der Waals surface area (Å²) in [7, 11) is 0. The zero-order chi connectivity index (χ0) is 16.1. The quantitative estimate of drug-likeness (QED) is 0.778. The number of hydrogen-bond donors (Lipinski definition) is 2. The molecule has 0 amide bonds. The van der Waals surface area contributed by atoms with Crippen molar-refractivity contribution in [3.05, 3.63) is 39.8 Å². The Morgan fingerprint density at radius 3 is 2.91 bits per heavy atom. The summed E-state index contributed by atoms with van der Waals surface area (Å²) in [5.41, 5.74) is 0.961. The van der Waals surface area contributed by atoms with Crippen LogP contribution in [-0.2, 0) is 0 Å². The number of aryl methyl sites for hydroxylation is 1. The van der Waals surface area contributed by atoms with Crippen molar-refractivity contribution < 1.29 is 9.84 Å². The molecular weight excluding hydrogens is 310 g/mol. The summed E-state index contributed by atoms with van der Waals surface area (Å²) in [6, 6.07) is 8.37. The molecule has 23 heavy (non-hydrogen) atoms. The minimum atomic E-state index is -0.501. The van der Waals surface area contributed by atoms with E-state index in [0.29, 0.717) is 12.6 Å². The summed E-state index contributed by atoms with van der Waals surface area (Å²) < 4.78 is 5.77. The van der Waals surface area contributed by atoms with Gasteiger partial charge in [-0.2, -0.15) is 0 Å². The lowest BCUT2D eigenvalue weighted by Gasteiger charge is -2.14. The van der Waals surface area contributed by atoms with E-state index in [1.807, 2.05) is 43.3 Å². The van der Waals surface area contributed by atoms with Gasteiger partial charge in [-0.05, 0) is 38.0 Å². The molecule has 0 radical (unpaired) electrons. The molecule has 0 spiro atoms. The zero-order valence-electron chi connectivity index (χ0n) is 13.1. The first-order valence-corrected chi connectivity index (χ1v) is 8.64. The standard InChI is InChI=1S/C17H21N3O2S/c1-12-19-20-17(23-12)9-6-13-4-2-3-5-16(13)22-11-15(21)10-18-14-7-8-14/h2-6,9,14-15,18,21H,7-8,10-11H2,1H3/b9-6+. The molecule has 2 N–H and O–H groups in total. The van der Waals surface area contributed by atoms with Gasteiger partial charge in [0.05, 0.1) is 0 Å². The van der Waals surface area contributed by atoms with Crippen molar-refractivity contribution in [1.82, 2.24) is 15.5 Å². The van der Waals surface area contributed by atoms with Crippen molar-refractivity contribution in [1.29, 1.82) is 0 Å². The number of nitrogens with zero attached hydrogens (tertiary/aromatic N) is 2. The first-order chi connectivity index (χ1) is 11.2. The third-order valence-electron chi connectivity index (χ3n) is 3.52. The molecule has 1 aromatic carbocycles. The average molecular weight is 331 g/mol. The Bertz CT molecular complexity index is 667. The molecular formula is C17H21N3O2S. The summed E-state index contributed by atoms with van der Waals surface area (Å²) >= 11 is 1.55. The van der Waals surface area contributed by atoms with Gasteiger partial charge in [0, 0.05) is 18.2 Å². The molecule has 2 aromatic rings. The molecule has 5 nitrogen and oxygen atoms in total. The van der Waals surface area contributed by atoms with Gasteiger partial charge < -0.3 is 15.2 Å². The van der Waals surface area contributed by atoms with Gasteiger partial charge in [0.15, 0.2) is 0 Å². The molecule has 1 heterocycles. The molecule has 1 aliphatic carbocycles. The first-order valence-electron chi connectivity index (χ1n) is 7.82. The number of aromatic nitrogens is 2. The second-order valence-corrected chi connectivity index (χ2v) is 6.89. The van der Waals surface area contributed by atoms with E-state index in [2.05, 4.69) is 15.5 Å². The number of aliphatic hydroxyl groups excluding tert-OH is 1. The number of ether oxygens (including phenoxy) is 1. The van der Waals surface area contributed by atoms with Crippen LogP contribution in [0.5, 0.6) is 5.75 Å². The van der Waals surface area contributed by atoms with E-state index in [4.69, 9.17) is 4.74 Å². The van der Waals surface area contributed by atoms with Crippen LogP contribution in [0, 0.1) is 6.92 Å². The largest absolute Gasteiger partial charge is 0.490 e. The van der Waals surface area contributed by atoms with Crippen LogP contribution in [0.1, 0.15) is 28.4 Å². The van der Waals surface area contributed by atoms with Gasteiger partial charge >= 0.3 is 0 Å². The van der Waals surface area contributed by atoms with Crippen molar-refractivity contribution in [2.24, 2.45) is 0 Å². The molecule has 3 rings (SSSR count). The maximum atomic E-state index is 9.97. The second kappa shape index (κ2) is 7.68. The topological polar surface area (TPSA) is 67.3 Å². The fourth-order valence-corrected chi connectivity index (χ4v) is 2.73. The normalized spacial score (nSPS) is 15.9. The lowest BCUT2D eigenvalue weighted by molar-refractivity contribution is 0.106. The summed E-state index contributed by atoms with van der Waals surface area (Å²) in [4.78, 5) is 0. The highest BCUT2D eigenvalue weighted by Gasteiger charge is 2.21. The van der Waals surface area contributed by atoms with Crippen molar-refractivity contribution in [3.8, 4) is 5.75 Å². The van der Waals surface area contributed by atoms with Crippen LogP contribution in [0.4, 0.5) is 0 Å². The summed E-state index contributed by atoms with van der Waals surface area (Å²) in [5, 5.41) is 23.1. The van der Waals surface area contributed by atoms with Crippen LogP contribution >= 0.6 is 11.3 Å². The van der Waals surface area contributed by atoms with Crippen molar-refractivity contribution >= 4 is 23.5 Å². The molecule has 1 aliphatic rings. The van der Waals surface area contributed by atoms with Crippen LogP contribution in [0.2, 0.25) is 0 Å². The van der Waals surface area contributed by atoms with Crippen LogP contribution in [0.15, 0.2) is 24.3 Å². The van der Waals surface area contributed by atoms with Crippen LogP contribution in [0.3, 0.4) is 0 Å². The molecule has 1 unspecified atom stereocenters. The van der Waals surface area contributed by atoms with Crippen molar-refractivity contribution in [2.45, 2.75) is 31.9 Å². The maximum Gasteiger partial charge on any atom is 0.140 e. The van der Waals surface area contributed by atoms with E-state index < -0.39 is 6.10 Å². The lowest BCUT2D eigenvalue weighted by atomic mass is 10.2. The third kappa shape index (κ3) is 5.13. The van der Waals surface area contributed by atoms with Gasteiger partial charge in [0.2, 0.25) is 0 Å². The lowest BCUT2D eigenvalue weighted by Crippen LogP contribution is -2.32. The fraction of sp³-hybridized carbons (Fsp3) is 0.412. The van der Waals surface area contributed by atoms with E-state index >= 15 is 0 Å². The number of rotatable bonds is 8. The molecule has 1 saturated carbocycles. The number of para-hydroxylation sites is 1. The van der Waals surface area contributed by atoms with E-state index in [1.165, 1.54) is 12.8 Å². The van der Waals surface area contributed by atoms with Gasteiger partial charge in [-0.3, -0.25) is 0 Å². The summed E-state index contributed by atoms with van der Waals surface area (Å²) in [5.74, 6) is 0.760. The van der Waals surface area contributed by atoms with E-state index in [9.17, 15) is 5.11 Å². The first kappa shape index (κ1) is 16.1. The van der Waals surface area contributed by atoms with Gasteiger partial charge in [-0.25, -0.2) is 0 Å². The van der Waals surface area contributed by atoms with Crippen LogP contribution in [0.25, 0.3) is 12.2 Å². The molecule has 122 valence electrons. The number of nitrogens with one attached hydrogen (secondary N) is 1. The highest BCUT2D eigenvalue weighted by atomic mass is 32.1. The summed E-state index contributed by atoms with van der Waals surface area (Å²) in [6.45, 7) is 2.79. The Morgan fingerprint density at radius 2 is 2.17 bits per heavy atom. The monoisotopic (exact) mass is 331 g/mol. The molecule has 1 atom stereocenters. The van der Waals surface area contributed by atoms with E-state index in [0.717, 1.165) is 21.3 Å². The minimum absolute atomic E-state index is 0.280. The molecule has 1 aromatic heterocycles. The smallest absolute Gasteiger partial charge is 0.140 e. The van der Waals surface area contributed by atoms with Crippen molar-refractivity contribution in [3.63, 3.8) is 0 Å². The number of aliphatic hydroxyl groups is 1. The molecule has 0 saturated heterocycles. The van der Waals surface area contributed by atoms with Gasteiger partial charge in [-0.15, -0.1) is 10.2 Å². The third-order valence-corrected chi connectivity index (χ3v) is 4.32. The Balaban J connectivity index is 1.57. The molecule has 6 heteroatoms. The Morgan fingerprint density at radius 1 is 1.35 bits per heavy atom. The minimum Gasteiger partial charge on any atom is -0.490 e. The zero-order valence-corrected chi connectivity index (χ0v) is 13.9. The van der Waals surface area contributed by atoms with Gasteiger partial charge in [0.1, 0.15) is 28.5 Å². The van der Waals surface area contributed by atoms with E-state index in [-0.39, 0.29) is 6.61 Å². The Labute approximate surface area is 140 Å².